The van der Waals surface area contributed by atoms with Gasteiger partial charge in [-0.15, -0.1) is 0 Å². The summed E-state index contributed by atoms with van der Waals surface area (Å²) in [5, 5.41) is 2.86. The quantitative estimate of drug-likeness (QED) is 0.766. The molecule has 150 valence electrons. The molecule has 0 atom stereocenters. The summed E-state index contributed by atoms with van der Waals surface area (Å²) in [6.07, 6.45) is -2.99. The minimum atomic E-state index is -4.46. The Kier molecular flexibility index (Phi) is 6.83. The number of amides is 2. The Bertz CT molecular complexity index is 823. The lowest BCUT2D eigenvalue weighted by molar-refractivity contribution is -0.137. The summed E-state index contributed by atoms with van der Waals surface area (Å²) >= 11 is 0. The van der Waals surface area contributed by atoms with Crippen molar-refractivity contribution < 1.29 is 22.8 Å². The number of nitrogens with one attached hydrogen (secondary N) is 1. The first-order valence-electron chi connectivity index (χ1n) is 9.03. The second kappa shape index (κ2) is 8.91. The third kappa shape index (κ3) is 5.12. The molecule has 0 unspecified atom stereocenters. The van der Waals surface area contributed by atoms with Gasteiger partial charge in [0.15, 0.2) is 0 Å². The number of carbonyl (C=O) groups excluding carboxylic acids is 2. The number of aryl methyl sites for hydroxylation is 2. The molecule has 1 N–H and O–H groups in total. The van der Waals surface area contributed by atoms with Crippen molar-refractivity contribution in [2.45, 2.75) is 39.8 Å². The first-order valence-corrected chi connectivity index (χ1v) is 9.03. The fourth-order valence-corrected chi connectivity index (χ4v) is 2.94. The van der Waals surface area contributed by atoms with Crippen LogP contribution in [0.5, 0.6) is 0 Å². The van der Waals surface area contributed by atoms with E-state index in [0.29, 0.717) is 0 Å². The second-order valence-electron chi connectivity index (χ2n) is 6.36. The number of para-hydroxylation sites is 1. The summed E-state index contributed by atoms with van der Waals surface area (Å²) in [6.45, 7) is 4.94. The summed E-state index contributed by atoms with van der Waals surface area (Å²) in [4.78, 5) is 25.7. The highest BCUT2D eigenvalue weighted by Gasteiger charge is 2.30. The molecular weight excluding hydrogens is 369 g/mol. The van der Waals surface area contributed by atoms with E-state index in [-0.39, 0.29) is 12.2 Å². The van der Waals surface area contributed by atoms with Crippen molar-refractivity contribution in [3.05, 3.63) is 59.2 Å². The number of nitrogens with zero attached hydrogens (tertiary/aromatic N) is 1. The fraction of sp³-hybridized carbons (Fsp3) is 0.333. The third-order valence-electron chi connectivity index (χ3n) is 4.45. The SMILES string of the molecule is CCc1cccc(CC)c1NC(=O)CN(C(C)=O)c1ccc(C(F)(F)F)cc1. The van der Waals surface area contributed by atoms with Crippen LogP contribution in [0.2, 0.25) is 0 Å². The molecule has 28 heavy (non-hydrogen) atoms. The van der Waals surface area contributed by atoms with Crippen LogP contribution in [0.3, 0.4) is 0 Å². The lowest BCUT2D eigenvalue weighted by Gasteiger charge is -2.22. The molecule has 7 heteroatoms. The van der Waals surface area contributed by atoms with Crippen LogP contribution in [0.1, 0.15) is 37.5 Å². The standard InChI is InChI=1S/C21H23F3N2O2/c1-4-15-7-6-8-16(5-2)20(15)25-19(28)13-26(14(3)27)18-11-9-17(10-12-18)21(22,23)24/h6-12H,4-5,13H2,1-3H3,(H,25,28). The molecular formula is C21H23F3N2O2. The van der Waals surface area contributed by atoms with E-state index < -0.39 is 23.6 Å². The summed E-state index contributed by atoms with van der Waals surface area (Å²) < 4.78 is 38.2. The molecule has 0 aliphatic carbocycles. The molecule has 0 aliphatic heterocycles. The molecule has 0 fully saturated rings. The molecule has 0 heterocycles. The van der Waals surface area contributed by atoms with Crippen molar-refractivity contribution in [1.29, 1.82) is 0 Å². The van der Waals surface area contributed by atoms with Gasteiger partial charge in [-0.25, -0.2) is 0 Å². The van der Waals surface area contributed by atoms with Crippen LogP contribution >= 0.6 is 0 Å². The maximum atomic E-state index is 12.7. The van der Waals surface area contributed by atoms with E-state index in [2.05, 4.69) is 5.32 Å². The number of alkyl halides is 3. The van der Waals surface area contributed by atoms with E-state index in [1.54, 1.807) is 0 Å². The Morgan fingerprint density at radius 1 is 0.964 bits per heavy atom. The number of carbonyl (C=O) groups is 2. The second-order valence-corrected chi connectivity index (χ2v) is 6.36. The summed E-state index contributed by atoms with van der Waals surface area (Å²) in [7, 11) is 0. The molecule has 0 saturated carbocycles. The number of benzene rings is 2. The molecule has 2 amide bonds. The van der Waals surface area contributed by atoms with E-state index >= 15 is 0 Å². The Balaban J connectivity index is 2.22. The molecule has 0 radical (unpaired) electrons. The number of rotatable bonds is 6. The topological polar surface area (TPSA) is 49.4 Å². The van der Waals surface area contributed by atoms with Gasteiger partial charge in [-0.05, 0) is 48.2 Å². The van der Waals surface area contributed by atoms with Crippen molar-refractivity contribution >= 4 is 23.2 Å². The Labute approximate surface area is 162 Å². The zero-order valence-corrected chi connectivity index (χ0v) is 16.1. The van der Waals surface area contributed by atoms with Gasteiger partial charge in [-0.3, -0.25) is 9.59 Å². The molecule has 4 nitrogen and oxygen atoms in total. The van der Waals surface area contributed by atoms with E-state index in [1.165, 1.54) is 19.1 Å². The van der Waals surface area contributed by atoms with E-state index in [4.69, 9.17) is 0 Å². The highest BCUT2D eigenvalue weighted by molar-refractivity contribution is 6.02. The van der Waals surface area contributed by atoms with Crippen LogP contribution in [0.15, 0.2) is 42.5 Å². The minimum Gasteiger partial charge on any atom is -0.324 e. The highest BCUT2D eigenvalue weighted by Crippen LogP contribution is 2.30. The number of hydrogen-bond acceptors (Lipinski definition) is 2. The number of halogens is 3. The predicted molar refractivity (Wildman–Crippen MR) is 103 cm³/mol. The molecule has 0 aromatic heterocycles. The molecule has 0 saturated heterocycles. The van der Waals surface area contributed by atoms with Crippen LogP contribution < -0.4 is 10.2 Å². The summed E-state index contributed by atoms with van der Waals surface area (Å²) in [6, 6.07) is 9.94. The van der Waals surface area contributed by atoms with Crippen LogP contribution in [0.25, 0.3) is 0 Å². The summed E-state index contributed by atoms with van der Waals surface area (Å²) in [5.74, 6) is -0.847. The average Bonchev–Trinajstić information content (AvgIpc) is 2.65. The van der Waals surface area contributed by atoms with Gasteiger partial charge >= 0.3 is 6.18 Å². The highest BCUT2D eigenvalue weighted by atomic mass is 19.4. The smallest absolute Gasteiger partial charge is 0.324 e. The van der Waals surface area contributed by atoms with Gasteiger partial charge < -0.3 is 10.2 Å². The average molecular weight is 392 g/mol. The first-order chi connectivity index (χ1) is 13.2. The summed E-state index contributed by atoms with van der Waals surface area (Å²) in [5.41, 5.74) is 2.12. The van der Waals surface area contributed by atoms with Gasteiger partial charge in [0.1, 0.15) is 6.54 Å². The maximum Gasteiger partial charge on any atom is 0.416 e. The van der Waals surface area contributed by atoms with Crippen molar-refractivity contribution in [2.75, 3.05) is 16.8 Å². The monoisotopic (exact) mass is 392 g/mol. The maximum absolute atomic E-state index is 12.7. The fourth-order valence-electron chi connectivity index (χ4n) is 2.94. The van der Waals surface area contributed by atoms with E-state index in [1.807, 2.05) is 32.0 Å². The van der Waals surface area contributed by atoms with Crippen molar-refractivity contribution in [1.82, 2.24) is 0 Å². The van der Waals surface area contributed by atoms with E-state index in [0.717, 1.165) is 46.7 Å². The van der Waals surface area contributed by atoms with Crippen LogP contribution in [-0.4, -0.2) is 18.4 Å². The van der Waals surface area contributed by atoms with Gasteiger partial charge in [0.05, 0.1) is 5.56 Å². The molecule has 0 bridgehead atoms. The Morgan fingerprint density at radius 2 is 1.50 bits per heavy atom. The molecule has 2 aromatic rings. The number of anilines is 2. The normalized spacial score (nSPS) is 11.2. The first kappa shape index (κ1) is 21.5. The Morgan fingerprint density at radius 3 is 1.93 bits per heavy atom. The van der Waals surface area contributed by atoms with Gasteiger partial charge in [-0.1, -0.05) is 32.0 Å². The van der Waals surface area contributed by atoms with Crippen molar-refractivity contribution in [2.24, 2.45) is 0 Å². The molecule has 0 aliphatic rings. The van der Waals surface area contributed by atoms with Crippen LogP contribution in [0.4, 0.5) is 24.5 Å². The van der Waals surface area contributed by atoms with Crippen LogP contribution in [-0.2, 0) is 28.6 Å². The molecule has 0 spiro atoms. The van der Waals surface area contributed by atoms with Crippen molar-refractivity contribution in [3.8, 4) is 0 Å². The lowest BCUT2D eigenvalue weighted by atomic mass is 10.0. The number of hydrogen-bond donors (Lipinski definition) is 1. The van der Waals surface area contributed by atoms with Crippen molar-refractivity contribution in [3.63, 3.8) is 0 Å². The third-order valence-corrected chi connectivity index (χ3v) is 4.45. The lowest BCUT2D eigenvalue weighted by Crippen LogP contribution is -2.37. The van der Waals surface area contributed by atoms with Gasteiger partial charge in [0.25, 0.3) is 0 Å². The molecule has 2 aromatic carbocycles. The van der Waals surface area contributed by atoms with Gasteiger partial charge in [-0.2, -0.15) is 13.2 Å². The zero-order chi connectivity index (χ0) is 20.9. The molecule has 2 rings (SSSR count). The zero-order valence-electron chi connectivity index (χ0n) is 16.1. The van der Waals surface area contributed by atoms with Crippen LogP contribution in [0, 0.1) is 0 Å². The minimum absolute atomic E-state index is 0.232. The van der Waals surface area contributed by atoms with Gasteiger partial charge in [0.2, 0.25) is 11.8 Å². The largest absolute Gasteiger partial charge is 0.416 e. The Hall–Kier alpha value is -2.83. The van der Waals surface area contributed by atoms with E-state index in [9.17, 15) is 22.8 Å². The predicted octanol–water partition coefficient (Wildman–Crippen LogP) is 4.82. The van der Waals surface area contributed by atoms with Gasteiger partial charge in [0, 0.05) is 18.3 Å².